The van der Waals surface area contributed by atoms with Crippen molar-refractivity contribution in [1.82, 2.24) is 0 Å². The molecule has 1 aromatic rings. The molecule has 0 radical (unpaired) electrons. The molecule has 0 aliphatic rings. The zero-order valence-corrected chi connectivity index (χ0v) is 4.19. The fraction of sp³-hybridized carbons (Fsp3) is 0. The highest BCUT2D eigenvalue weighted by molar-refractivity contribution is 5.32. The average molecular weight is 113 g/mol. The molecule has 8 heavy (non-hydrogen) atoms. The third kappa shape index (κ3) is 0.932. The highest BCUT2D eigenvalue weighted by atomic mass is 19.1. The van der Waals surface area contributed by atoms with Crippen LogP contribution in [0.25, 0.3) is 0 Å². The Balaban J connectivity index is 3.08. The van der Waals surface area contributed by atoms with Crippen molar-refractivity contribution in [1.29, 1.82) is 0 Å². The van der Waals surface area contributed by atoms with Gasteiger partial charge in [0, 0.05) is 11.8 Å². The maximum absolute atomic E-state index is 12.0. The van der Waals surface area contributed by atoms with Gasteiger partial charge in [0.15, 0.2) is 6.20 Å². The lowest BCUT2D eigenvalue weighted by atomic mass is 10.4. The van der Waals surface area contributed by atoms with Crippen molar-refractivity contribution in [2.45, 2.75) is 0 Å². The second-order valence-corrected chi connectivity index (χ2v) is 1.47. The van der Waals surface area contributed by atoms with E-state index < -0.39 is 5.95 Å². The van der Waals surface area contributed by atoms with Gasteiger partial charge in [0.2, 0.25) is 0 Å². The van der Waals surface area contributed by atoms with E-state index in [2.05, 4.69) is 4.98 Å². The molecule has 0 fully saturated rings. The van der Waals surface area contributed by atoms with E-state index in [0.717, 1.165) is 0 Å². The Kier molecular flexibility index (Phi) is 1.12. The normalized spacial score (nSPS) is 9.12. The van der Waals surface area contributed by atoms with Gasteiger partial charge in [-0.3, -0.25) is 0 Å². The standard InChI is InChI=1S/C5H5FN2/c6-5-3-4(7)1-2-8-5/h1-3H,(H2,7,8)/p+1. The summed E-state index contributed by atoms with van der Waals surface area (Å²) in [7, 11) is 0. The fourth-order valence-electron chi connectivity index (χ4n) is 0.454. The fourth-order valence-corrected chi connectivity index (χ4v) is 0.454. The van der Waals surface area contributed by atoms with Crippen LogP contribution in [-0.4, -0.2) is 0 Å². The van der Waals surface area contributed by atoms with E-state index in [1.807, 2.05) is 0 Å². The molecule has 2 nitrogen and oxygen atoms in total. The van der Waals surface area contributed by atoms with Crippen LogP contribution >= 0.6 is 0 Å². The molecule has 0 saturated carbocycles. The quantitative estimate of drug-likeness (QED) is 0.480. The number of pyridine rings is 1. The Morgan fingerprint density at radius 1 is 1.62 bits per heavy atom. The molecular formula is C5H6FN2+. The number of hydrogen-bond acceptors (Lipinski definition) is 1. The summed E-state index contributed by atoms with van der Waals surface area (Å²) < 4.78 is 12.0. The third-order valence-electron chi connectivity index (χ3n) is 0.790. The Labute approximate surface area is 46.2 Å². The van der Waals surface area contributed by atoms with Crippen molar-refractivity contribution in [2.75, 3.05) is 5.73 Å². The van der Waals surface area contributed by atoms with Gasteiger partial charge >= 0.3 is 5.95 Å². The first-order valence-corrected chi connectivity index (χ1v) is 2.22. The van der Waals surface area contributed by atoms with Crippen molar-refractivity contribution >= 4 is 5.69 Å². The first-order chi connectivity index (χ1) is 3.79. The topological polar surface area (TPSA) is 40.2 Å². The number of nitrogens with two attached hydrogens (primary N) is 1. The summed E-state index contributed by atoms with van der Waals surface area (Å²) in [4.78, 5) is 2.33. The Hall–Kier alpha value is -1.12. The van der Waals surface area contributed by atoms with Crippen molar-refractivity contribution in [2.24, 2.45) is 0 Å². The minimum absolute atomic E-state index is 0.412. The summed E-state index contributed by atoms with van der Waals surface area (Å²) in [6, 6.07) is 2.81. The second-order valence-electron chi connectivity index (χ2n) is 1.47. The predicted molar refractivity (Wildman–Crippen MR) is 27.4 cm³/mol. The highest BCUT2D eigenvalue weighted by Gasteiger charge is 1.94. The van der Waals surface area contributed by atoms with Crippen LogP contribution in [0.15, 0.2) is 18.3 Å². The van der Waals surface area contributed by atoms with Crippen molar-refractivity contribution < 1.29 is 9.37 Å². The number of rotatable bonds is 0. The largest absolute Gasteiger partial charge is 0.398 e. The maximum atomic E-state index is 12.0. The lowest BCUT2D eigenvalue weighted by molar-refractivity contribution is -0.421. The number of hydrogen-bond donors (Lipinski definition) is 1. The Morgan fingerprint density at radius 3 is 2.75 bits per heavy atom. The van der Waals surface area contributed by atoms with Gasteiger partial charge in [-0.15, -0.1) is 4.39 Å². The third-order valence-corrected chi connectivity index (χ3v) is 0.790. The van der Waals surface area contributed by atoms with Crippen LogP contribution in [-0.2, 0) is 0 Å². The number of nitrogens with one attached hydrogen (secondary N) is 1. The lowest BCUT2D eigenvalue weighted by Gasteiger charge is -1.81. The maximum Gasteiger partial charge on any atom is 0.359 e. The summed E-state index contributed by atoms with van der Waals surface area (Å²) in [6.45, 7) is 0. The van der Waals surface area contributed by atoms with Crippen LogP contribution in [0.5, 0.6) is 0 Å². The first-order valence-electron chi connectivity index (χ1n) is 2.22. The number of aromatic amines is 1. The van der Waals surface area contributed by atoms with E-state index >= 15 is 0 Å². The van der Waals surface area contributed by atoms with Crippen LogP contribution in [0, 0.1) is 5.95 Å². The zero-order valence-electron chi connectivity index (χ0n) is 4.19. The van der Waals surface area contributed by atoms with Gasteiger partial charge in [0.25, 0.3) is 0 Å². The number of H-pyrrole nitrogens is 1. The number of anilines is 1. The zero-order chi connectivity index (χ0) is 5.98. The molecule has 0 unspecified atom stereocenters. The predicted octanol–water partition coefficient (Wildman–Crippen LogP) is 0.222. The molecule has 0 aromatic carbocycles. The van der Waals surface area contributed by atoms with Gasteiger partial charge in [-0.25, -0.2) is 0 Å². The van der Waals surface area contributed by atoms with E-state index in [9.17, 15) is 4.39 Å². The van der Waals surface area contributed by atoms with Gasteiger partial charge in [0.1, 0.15) is 0 Å². The molecule has 0 bridgehead atoms. The molecule has 0 aliphatic heterocycles. The Bertz CT molecular complexity index is 170. The van der Waals surface area contributed by atoms with Crippen LogP contribution in [0.4, 0.5) is 10.1 Å². The molecule has 0 aliphatic carbocycles. The molecule has 42 valence electrons. The van der Waals surface area contributed by atoms with Crippen LogP contribution in [0.3, 0.4) is 0 Å². The van der Waals surface area contributed by atoms with Gasteiger partial charge in [0.05, 0.1) is 6.07 Å². The van der Waals surface area contributed by atoms with Crippen molar-refractivity contribution in [3.63, 3.8) is 0 Å². The molecule has 0 saturated heterocycles. The van der Waals surface area contributed by atoms with Gasteiger partial charge in [-0.2, -0.15) is 4.98 Å². The van der Waals surface area contributed by atoms with Crippen LogP contribution in [0.2, 0.25) is 0 Å². The molecule has 1 heterocycles. The average Bonchev–Trinajstić information content (AvgIpc) is 1.64. The molecule has 1 aromatic heterocycles. The summed E-state index contributed by atoms with van der Waals surface area (Å²) in [5, 5.41) is 0. The van der Waals surface area contributed by atoms with E-state index in [-0.39, 0.29) is 0 Å². The van der Waals surface area contributed by atoms with E-state index in [0.29, 0.717) is 5.69 Å². The lowest BCUT2D eigenvalue weighted by Crippen LogP contribution is -2.06. The van der Waals surface area contributed by atoms with Crippen molar-refractivity contribution in [3.05, 3.63) is 24.3 Å². The first kappa shape index (κ1) is 5.03. The van der Waals surface area contributed by atoms with E-state index in [4.69, 9.17) is 5.73 Å². The van der Waals surface area contributed by atoms with Crippen molar-refractivity contribution in [3.8, 4) is 0 Å². The van der Waals surface area contributed by atoms with Gasteiger partial charge < -0.3 is 5.73 Å². The molecular weight excluding hydrogens is 107 g/mol. The minimum atomic E-state index is -0.412. The highest BCUT2D eigenvalue weighted by Crippen LogP contribution is 1.95. The van der Waals surface area contributed by atoms with Gasteiger partial charge in [-0.05, 0) is 0 Å². The Morgan fingerprint density at radius 2 is 2.38 bits per heavy atom. The second kappa shape index (κ2) is 1.78. The van der Waals surface area contributed by atoms with E-state index in [1.165, 1.54) is 12.3 Å². The van der Waals surface area contributed by atoms with Gasteiger partial charge in [-0.1, -0.05) is 0 Å². The monoisotopic (exact) mass is 113 g/mol. The van der Waals surface area contributed by atoms with E-state index in [1.54, 1.807) is 6.07 Å². The molecule has 0 atom stereocenters. The number of aromatic nitrogens is 1. The summed E-state index contributed by atoms with van der Waals surface area (Å²) >= 11 is 0. The smallest absolute Gasteiger partial charge is 0.359 e. The summed E-state index contributed by atoms with van der Waals surface area (Å²) in [5.41, 5.74) is 5.63. The van der Waals surface area contributed by atoms with Crippen LogP contribution < -0.4 is 10.7 Å². The number of nitrogen functional groups attached to an aromatic ring is 1. The number of halogens is 1. The molecule has 0 amide bonds. The molecule has 1 rings (SSSR count). The SMILES string of the molecule is Nc1cc[nH+]c(F)c1. The molecule has 0 spiro atoms. The van der Waals surface area contributed by atoms with Crippen LogP contribution in [0.1, 0.15) is 0 Å². The molecule has 3 N–H and O–H groups in total. The summed E-state index contributed by atoms with van der Waals surface area (Å²) in [5.74, 6) is -0.412. The summed E-state index contributed by atoms with van der Waals surface area (Å²) in [6.07, 6.45) is 1.45. The minimum Gasteiger partial charge on any atom is -0.398 e. The molecule has 3 heteroatoms.